The second-order valence-electron chi connectivity index (χ2n) is 0.936. The van der Waals surface area contributed by atoms with Crippen LogP contribution in [0, 0.1) is 0 Å². The first kappa shape index (κ1) is 6.19. The Bertz CT molecular complexity index is 66.5. The van der Waals surface area contributed by atoms with Gasteiger partial charge in [-0.15, -0.1) is 0 Å². The molecule has 5 nitrogen and oxygen atoms in total. The number of rotatable bonds is 2. The van der Waals surface area contributed by atoms with Crippen molar-refractivity contribution in [3.8, 4) is 0 Å². The van der Waals surface area contributed by atoms with Crippen molar-refractivity contribution in [2.24, 2.45) is 22.4 Å². The van der Waals surface area contributed by atoms with E-state index in [0.29, 0.717) is 5.84 Å². The molecule has 0 rings (SSSR count). The first-order chi connectivity index (χ1) is 3.31. The van der Waals surface area contributed by atoms with Crippen molar-refractivity contribution in [1.82, 2.24) is 5.53 Å². The number of nitrogens with two attached hydrogens (primary N) is 3. The van der Waals surface area contributed by atoms with Gasteiger partial charge in [0, 0.05) is 0 Å². The maximum Gasteiger partial charge on any atom is 0.134 e. The Labute approximate surface area is 41.5 Å². The van der Waals surface area contributed by atoms with E-state index in [-0.39, 0.29) is 6.54 Å². The summed E-state index contributed by atoms with van der Waals surface area (Å²) in [6, 6.07) is 0. The first-order valence-electron chi connectivity index (χ1n) is 1.79. The van der Waals surface area contributed by atoms with E-state index >= 15 is 0 Å². The molecule has 0 heterocycles. The van der Waals surface area contributed by atoms with Crippen LogP contribution in [0.5, 0.6) is 0 Å². The second-order valence-corrected chi connectivity index (χ2v) is 0.936. The van der Waals surface area contributed by atoms with Gasteiger partial charge in [-0.1, -0.05) is 0 Å². The molecule has 0 aromatic carbocycles. The van der Waals surface area contributed by atoms with Crippen LogP contribution in [-0.4, -0.2) is 12.4 Å². The van der Waals surface area contributed by atoms with E-state index < -0.39 is 0 Å². The number of hydrogen-bond donors (Lipinski definition) is 4. The topological polar surface area (TPSA) is 102 Å². The molecule has 7 N–H and O–H groups in total. The summed E-state index contributed by atoms with van der Waals surface area (Å²) in [4.78, 5) is 0. The van der Waals surface area contributed by atoms with Gasteiger partial charge in [-0.05, 0) is 0 Å². The van der Waals surface area contributed by atoms with E-state index in [1.807, 2.05) is 5.53 Å². The maximum atomic E-state index is 5.07. The van der Waals surface area contributed by atoms with Crippen LogP contribution < -0.4 is 22.8 Å². The van der Waals surface area contributed by atoms with Gasteiger partial charge in [-0.25, -0.2) is 11.4 Å². The standard InChI is InChI=1S/C2H9N5/c3-1-2(4)6-7-5/h7H,1,3,5H2,(H2,4,6). The van der Waals surface area contributed by atoms with Gasteiger partial charge in [-0.2, -0.15) is 5.10 Å². The third kappa shape index (κ3) is 3.01. The Balaban J connectivity index is 3.29. The lowest BCUT2D eigenvalue weighted by Gasteiger charge is -1.90. The molecule has 0 saturated carbocycles. The van der Waals surface area contributed by atoms with Crippen molar-refractivity contribution in [1.29, 1.82) is 0 Å². The molecule has 0 radical (unpaired) electrons. The fraction of sp³-hybridized carbons (Fsp3) is 0.500. The van der Waals surface area contributed by atoms with Gasteiger partial charge in [0.2, 0.25) is 0 Å². The Morgan fingerprint density at radius 1 is 1.71 bits per heavy atom. The predicted octanol–water partition coefficient (Wildman–Crippen LogP) is -2.32. The molecule has 0 aliphatic rings. The highest BCUT2D eigenvalue weighted by Gasteiger charge is 1.79. The van der Waals surface area contributed by atoms with Gasteiger partial charge < -0.3 is 11.5 Å². The van der Waals surface area contributed by atoms with Crippen molar-refractivity contribution in [3.63, 3.8) is 0 Å². The largest absolute Gasteiger partial charge is 0.385 e. The van der Waals surface area contributed by atoms with E-state index in [1.54, 1.807) is 0 Å². The predicted molar refractivity (Wildman–Crippen MR) is 28.0 cm³/mol. The lowest BCUT2D eigenvalue weighted by molar-refractivity contribution is 0.799. The first-order valence-corrected chi connectivity index (χ1v) is 1.79. The number of amidine groups is 1. The number of hydrazone groups is 1. The molecule has 42 valence electrons. The van der Waals surface area contributed by atoms with Gasteiger partial charge in [-0.3, -0.25) is 0 Å². The summed E-state index contributed by atoms with van der Waals surface area (Å²) in [5, 5.41) is 3.34. The summed E-state index contributed by atoms with van der Waals surface area (Å²) in [5.41, 5.74) is 12.1. The SMILES string of the molecule is NC/C(N)=N/NN. The maximum absolute atomic E-state index is 5.07. The molecule has 0 aromatic rings. The average molecular weight is 103 g/mol. The van der Waals surface area contributed by atoms with E-state index in [0.717, 1.165) is 0 Å². The zero-order valence-corrected chi connectivity index (χ0v) is 3.89. The lowest BCUT2D eigenvalue weighted by atomic mass is 10.6. The second kappa shape index (κ2) is 3.38. The van der Waals surface area contributed by atoms with Gasteiger partial charge >= 0.3 is 0 Å². The van der Waals surface area contributed by atoms with Gasteiger partial charge in [0.05, 0.1) is 6.54 Å². The smallest absolute Gasteiger partial charge is 0.134 e. The van der Waals surface area contributed by atoms with Crippen LogP contribution in [0.25, 0.3) is 0 Å². The fourth-order valence-corrected chi connectivity index (χ4v) is 0.129. The van der Waals surface area contributed by atoms with Crippen molar-refractivity contribution < 1.29 is 0 Å². The molecule has 0 spiro atoms. The third-order valence-corrected chi connectivity index (χ3v) is 0.417. The summed E-state index contributed by atoms with van der Waals surface area (Å²) in [7, 11) is 0. The highest BCUT2D eigenvalue weighted by molar-refractivity contribution is 5.81. The minimum Gasteiger partial charge on any atom is -0.385 e. The summed E-state index contributed by atoms with van der Waals surface area (Å²) in [6.45, 7) is 0.226. The molecule has 7 heavy (non-hydrogen) atoms. The Hall–Kier alpha value is -0.810. The zero-order chi connectivity index (χ0) is 5.70. The van der Waals surface area contributed by atoms with Crippen LogP contribution in [0.4, 0.5) is 0 Å². The molecule has 0 saturated heterocycles. The minimum absolute atomic E-state index is 0.226. The van der Waals surface area contributed by atoms with Gasteiger partial charge in [0.1, 0.15) is 5.84 Å². The molecule has 5 heteroatoms. The molecule has 0 bridgehead atoms. The summed E-state index contributed by atoms with van der Waals surface area (Å²) in [6.07, 6.45) is 0. The zero-order valence-electron chi connectivity index (χ0n) is 3.89. The number of nitrogens with one attached hydrogen (secondary N) is 1. The highest BCUT2D eigenvalue weighted by Crippen LogP contribution is 1.52. The van der Waals surface area contributed by atoms with Crippen LogP contribution in [0.3, 0.4) is 0 Å². The van der Waals surface area contributed by atoms with Gasteiger partial charge in [0.25, 0.3) is 0 Å². The molecule has 0 unspecified atom stereocenters. The van der Waals surface area contributed by atoms with E-state index in [2.05, 4.69) is 5.10 Å². The summed E-state index contributed by atoms with van der Waals surface area (Å²) >= 11 is 0. The lowest BCUT2D eigenvalue weighted by Crippen LogP contribution is -2.28. The third-order valence-electron chi connectivity index (χ3n) is 0.417. The van der Waals surface area contributed by atoms with Crippen LogP contribution in [0.2, 0.25) is 0 Å². The quantitative estimate of drug-likeness (QED) is 0.136. The van der Waals surface area contributed by atoms with E-state index in [9.17, 15) is 0 Å². The molecule has 0 aliphatic heterocycles. The molecular formula is C2H9N5. The van der Waals surface area contributed by atoms with Crippen LogP contribution in [0.1, 0.15) is 0 Å². The molecule has 0 aliphatic carbocycles. The van der Waals surface area contributed by atoms with E-state index in [1.165, 1.54) is 0 Å². The van der Waals surface area contributed by atoms with Crippen molar-refractivity contribution >= 4 is 5.84 Å². The fourth-order valence-electron chi connectivity index (χ4n) is 0.129. The number of hydrogen-bond acceptors (Lipinski definition) is 4. The van der Waals surface area contributed by atoms with E-state index in [4.69, 9.17) is 17.3 Å². The Kier molecular flexibility index (Phi) is 2.99. The highest BCUT2D eigenvalue weighted by atomic mass is 15.5. The molecule has 0 fully saturated rings. The Morgan fingerprint density at radius 3 is 2.43 bits per heavy atom. The summed E-state index contributed by atoms with van der Waals surface area (Å²) < 4.78 is 0. The Morgan fingerprint density at radius 2 is 2.29 bits per heavy atom. The van der Waals surface area contributed by atoms with Crippen LogP contribution >= 0.6 is 0 Å². The molecule has 0 atom stereocenters. The van der Waals surface area contributed by atoms with Crippen molar-refractivity contribution in [2.75, 3.05) is 6.54 Å². The van der Waals surface area contributed by atoms with Gasteiger partial charge in [0.15, 0.2) is 0 Å². The molecule has 0 aromatic heterocycles. The number of hydrazine groups is 1. The molecular weight excluding hydrogens is 94.1 g/mol. The summed E-state index contributed by atoms with van der Waals surface area (Å²) in [5.74, 6) is 5.03. The molecule has 0 amide bonds. The van der Waals surface area contributed by atoms with Crippen LogP contribution in [0.15, 0.2) is 5.10 Å². The minimum atomic E-state index is 0.226. The van der Waals surface area contributed by atoms with Crippen molar-refractivity contribution in [3.05, 3.63) is 0 Å². The van der Waals surface area contributed by atoms with Crippen molar-refractivity contribution in [2.45, 2.75) is 0 Å². The average Bonchev–Trinajstić information content (AvgIpc) is 1.68. The normalized spacial score (nSPS) is 11.4. The monoisotopic (exact) mass is 103 g/mol. The van der Waals surface area contributed by atoms with Crippen LogP contribution in [-0.2, 0) is 0 Å². The number of nitrogens with zero attached hydrogens (tertiary/aromatic N) is 1.